The predicted octanol–water partition coefficient (Wildman–Crippen LogP) is 1.14. The van der Waals surface area contributed by atoms with Crippen LogP contribution in [0.2, 0.25) is 0 Å². The van der Waals surface area contributed by atoms with Gasteiger partial charge < -0.3 is 5.32 Å². The second kappa shape index (κ2) is 4.63. The quantitative estimate of drug-likeness (QED) is 0.860. The molecule has 1 unspecified atom stereocenters. The van der Waals surface area contributed by atoms with Gasteiger partial charge in [0, 0.05) is 30.7 Å². The minimum Gasteiger partial charge on any atom is -0.308 e. The molecule has 0 amide bonds. The van der Waals surface area contributed by atoms with Crippen LogP contribution in [0.25, 0.3) is 0 Å². The van der Waals surface area contributed by atoms with Gasteiger partial charge in [0.15, 0.2) is 0 Å². The summed E-state index contributed by atoms with van der Waals surface area (Å²) in [7, 11) is 3.88. The van der Waals surface area contributed by atoms with Gasteiger partial charge in [0.1, 0.15) is 0 Å². The van der Waals surface area contributed by atoms with E-state index in [1.54, 1.807) is 18.6 Å². The summed E-state index contributed by atoms with van der Waals surface area (Å²) in [6.07, 6.45) is 5.17. The molecule has 0 aliphatic carbocycles. The lowest BCUT2D eigenvalue weighted by Gasteiger charge is -2.15. The molecule has 0 fully saturated rings. The maximum atomic E-state index is 4.43. The third-order valence-corrected chi connectivity index (χ3v) is 3.02. The Labute approximate surface area is 101 Å². The number of aryl methyl sites for hydroxylation is 2. The number of nitrogens with one attached hydrogen (secondary N) is 1. The van der Waals surface area contributed by atoms with Gasteiger partial charge in [0.2, 0.25) is 0 Å². The average molecular weight is 231 g/mol. The minimum atomic E-state index is 0.0393. The van der Waals surface area contributed by atoms with Crippen molar-refractivity contribution in [1.29, 1.82) is 0 Å². The molecule has 0 bridgehead atoms. The molecule has 2 aromatic rings. The van der Waals surface area contributed by atoms with Crippen molar-refractivity contribution < 1.29 is 0 Å². The predicted molar refractivity (Wildman–Crippen MR) is 65.6 cm³/mol. The van der Waals surface area contributed by atoms with Gasteiger partial charge in [0.05, 0.1) is 23.6 Å². The smallest absolute Gasteiger partial charge is 0.0802 e. The Morgan fingerprint density at radius 2 is 2.06 bits per heavy atom. The highest BCUT2D eigenvalue weighted by molar-refractivity contribution is 5.33. The second-order valence-corrected chi connectivity index (χ2v) is 4.06. The molecule has 0 saturated carbocycles. The summed E-state index contributed by atoms with van der Waals surface area (Å²) >= 11 is 0. The fraction of sp³-hybridized carbons (Fsp3) is 0.417. The normalized spacial score (nSPS) is 12.7. The van der Waals surface area contributed by atoms with E-state index in [2.05, 4.69) is 27.3 Å². The molecule has 1 atom stereocenters. The Bertz CT molecular complexity index is 503. The number of hydrogen-bond acceptors (Lipinski definition) is 4. The Morgan fingerprint density at radius 3 is 2.53 bits per heavy atom. The van der Waals surface area contributed by atoms with Crippen molar-refractivity contribution in [3.05, 3.63) is 41.2 Å². The molecule has 90 valence electrons. The van der Waals surface area contributed by atoms with Crippen LogP contribution in [0.15, 0.2) is 18.6 Å². The zero-order valence-electron chi connectivity index (χ0n) is 10.6. The van der Waals surface area contributed by atoms with E-state index in [1.807, 2.05) is 25.7 Å². The first-order valence-corrected chi connectivity index (χ1v) is 5.58. The lowest BCUT2D eigenvalue weighted by molar-refractivity contribution is 0.656. The lowest BCUT2D eigenvalue weighted by atomic mass is 10.0. The van der Waals surface area contributed by atoms with E-state index in [-0.39, 0.29) is 6.04 Å². The van der Waals surface area contributed by atoms with E-state index in [0.29, 0.717) is 0 Å². The van der Waals surface area contributed by atoms with Crippen molar-refractivity contribution in [2.75, 3.05) is 7.05 Å². The maximum absolute atomic E-state index is 4.43. The molecule has 2 aromatic heterocycles. The summed E-state index contributed by atoms with van der Waals surface area (Å²) in [6, 6.07) is 0.0393. The first-order chi connectivity index (χ1) is 8.15. The van der Waals surface area contributed by atoms with Crippen LogP contribution in [-0.2, 0) is 7.05 Å². The Hall–Kier alpha value is -1.75. The van der Waals surface area contributed by atoms with Crippen molar-refractivity contribution in [2.24, 2.45) is 7.05 Å². The summed E-state index contributed by atoms with van der Waals surface area (Å²) in [5.74, 6) is 0. The first kappa shape index (κ1) is 11.7. The zero-order valence-corrected chi connectivity index (χ0v) is 10.6. The number of hydrogen-bond donors (Lipinski definition) is 1. The van der Waals surface area contributed by atoms with Crippen LogP contribution in [-0.4, -0.2) is 26.8 Å². The molecule has 0 aliphatic rings. The molecule has 2 heterocycles. The largest absolute Gasteiger partial charge is 0.308 e. The van der Waals surface area contributed by atoms with Crippen LogP contribution in [0.3, 0.4) is 0 Å². The molecular weight excluding hydrogens is 214 g/mol. The molecule has 5 heteroatoms. The van der Waals surface area contributed by atoms with E-state index >= 15 is 0 Å². The van der Waals surface area contributed by atoms with E-state index < -0.39 is 0 Å². The fourth-order valence-electron chi connectivity index (χ4n) is 2.11. The summed E-state index contributed by atoms with van der Waals surface area (Å²) < 4.78 is 1.89. The van der Waals surface area contributed by atoms with Gasteiger partial charge >= 0.3 is 0 Å². The fourth-order valence-corrected chi connectivity index (χ4v) is 2.11. The van der Waals surface area contributed by atoms with Crippen LogP contribution in [0.4, 0.5) is 0 Å². The topological polar surface area (TPSA) is 55.6 Å². The molecule has 0 saturated heterocycles. The highest BCUT2D eigenvalue weighted by Gasteiger charge is 2.21. The van der Waals surface area contributed by atoms with E-state index in [1.165, 1.54) is 5.56 Å². The van der Waals surface area contributed by atoms with Crippen LogP contribution in [0.1, 0.15) is 28.7 Å². The molecule has 0 aliphatic heterocycles. The number of rotatable bonds is 3. The van der Waals surface area contributed by atoms with Gasteiger partial charge in [-0.25, -0.2) is 0 Å². The van der Waals surface area contributed by atoms with Crippen molar-refractivity contribution in [3.8, 4) is 0 Å². The van der Waals surface area contributed by atoms with Crippen LogP contribution < -0.4 is 5.32 Å². The molecule has 0 aromatic carbocycles. The molecule has 1 N–H and O–H groups in total. The second-order valence-electron chi connectivity index (χ2n) is 4.06. The van der Waals surface area contributed by atoms with Gasteiger partial charge in [-0.2, -0.15) is 5.10 Å². The van der Waals surface area contributed by atoms with E-state index in [0.717, 1.165) is 17.1 Å². The Kier molecular flexibility index (Phi) is 3.19. The lowest BCUT2D eigenvalue weighted by Crippen LogP contribution is -2.20. The number of nitrogens with zero attached hydrogens (tertiary/aromatic N) is 4. The molecule has 0 spiro atoms. The monoisotopic (exact) mass is 231 g/mol. The SMILES string of the molecule is CNC(c1cnccn1)c1c(C)nn(C)c1C. The first-order valence-electron chi connectivity index (χ1n) is 5.58. The van der Waals surface area contributed by atoms with Crippen LogP contribution >= 0.6 is 0 Å². The minimum absolute atomic E-state index is 0.0393. The Balaban J connectivity index is 2.50. The Morgan fingerprint density at radius 1 is 1.29 bits per heavy atom. The summed E-state index contributed by atoms with van der Waals surface area (Å²) in [5, 5.41) is 7.71. The molecule has 0 radical (unpaired) electrons. The summed E-state index contributed by atoms with van der Waals surface area (Å²) in [6.45, 7) is 4.08. The van der Waals surface area contributed by atoms with Crippen LogP contribution in [0, 0.1) is 13.8 Å². The summed E-state index contributed by atoms with van der Waals surface area (Å²) in [5.41, 5.74) is 4.26. The molecule has 2 rings (SSSR count). The third kappa shape index (κ3) is 2.06. The average Bonchev–Trinajstić information content (AvgIpc) is 2.58. The number of aromatic nitrogens is 4. The van der Waals surface area contributed by atoms with Crippen LogP contribution in [0.5, 0.6) is 0 Å². The van der Waals surface area contributed by atoms with Crippen molar-refractivity contribution in [1.82, 2.24) is 25.1 Å². The third-order valence-electron chi connectivity index (χ3n) is 3.02. The standard InChI is InChI=1S/C12H17N5/c1-8-11(9(2)17(4)16-8)12(13-3)10-7-14-5-6-15-10/h5-7,12-13H,1-4H3. The van der Waals surface area contributed by atoms with Gasteiger partial charge in [0.25, 0.3) is 0 Å². The van der Waals surface area contributed by atoms with Gasteiger partial charge in [-0.3, -0.25) is 14.6 Å². The van der Waals surface area contributed by atoms with E-state index in [9.17, 15) is 0 Å². The highest BCUT2D eigenvalue weighted by Crippen LogP contribution is 2.25. The molecular formula is C12H17N5. The zero-order chi connectivity index (χ0) is 12.4. The van der Waals surface area contributed by atoms with Gasteiger partial charge in [-0.15, -0.1) is 0 Å². The van der Waals surface area contributed by atoms with Crippen molar-refractivity contribution in [2.45, 2.75) is 19.9 Å². The van der Waals surface area contributed by atoms with Gasteiger partial charge in [-0.05, 0) is 20.9 Å². The molecule has 17 heavy (non-hydrogen) atoms. The summed E-state index contributed by atoms with van der Waals surface area (Å²) in [4.78, 5) is 8.47. The van der Waals surface area contributed by atoms with Crippen molar-refractivity contribution in [3.63, 3.8) is 0 Å². The molecule has 5 nitrogen and oxygen atoms in total. The van der Waals surface area contributed by atoms with Crippen molar-refractivity contribution >= 4 is 0 Å². The highest BCUT2D eigenvalue weighted by atomic mass is 15.3. The van der Waals surface area contributed by atoms with Gasteiger partial charge in [-0.1, -0.05) is 0 Å². The maximum Gasteiger partial charge on any atom is 0.0802 e. The van der Waals surface area contributed by atoms with E-state index in [4.69, 9.17) is 0 Å².